The summed E-state index contributed by atoms with van der Waals surface area (Å²) in [6.07, 6.45) is 2.53. The van der Waals surface area contributed by atoms with Gasteiger partial charge in [0, 0.05) is 14.2 Å². The Morgan fingerprint density at radius 1 is 1.53 bits per heavy atom. The van der Waals surface area contributed by atoms with E-state index in [2.05, 4.69) is 24.3 Å². The van der Waals surface area contributed by atoms with E-state index >= 15 is 0 Å². The maximum Gasteiger partial charge on any atom is 0.0857 e. The first-order valence-electron chi connectivity index (χ1n) is 6.46. The van der Waals surface area contributed by atoms with Crippen LogP contribution in [0.1, 0.15) is 32.0 Å². The first-order valence-corrected chi connectivity index (χ1v) is 6.84. The fourth-order valence-corrected chi connectivity index (χ4v) is 2.46. The van der Waals surface area contributed by atoms with E-state index in [1.165, 1.54) is 0 Å². The van der Waals surface area contributed by atoms with Crippen molar-refractivity contribution in [2.45, 2.75) is 38.5 Å². The Balaban J connectivity index is 3.13. The average molecular weight is 290 g/mol. The third kappa shape index (κ3) is 3.48. The van der Waals surface area contributed by atoms with Gasteiger partial charge >= 0.3 is 0 Å². The predicted molar refractivity (Wildman–Crippen MR) is 76.6 cm³/mol. The van der Waals surface area contributed by atoms with Crippen LogP contribution < -0.4 is 5.32 Å². The maximum atomic E-state index is 6.30. The number of methoxy groups -OCH3 is 2. The molecule has 0 fully saturated rings. The van der Waals surface area contributed by atoms with Gasteiger partial charge in [0.25, 0.3) is 0 Å². The Morgan fingerprint density at radius 2 is 2.21 bits per heavy atom. The van der Waals surface area contributed by atoms with E-state index in [1.54, 1.807) is 20.4 Å². The van der Waals surface area contributed by atoms with Gasteiger partial charge in [-0.25, -0.2) is 0 Å². The summed E-state index contributed by atoms with van der Waals surface area (Å²) in [5, 5.41) is 8.25. The smallest absolute Gasteiger partial charge is 0.0857 e. The number of aromatic nitrogens is 2. The highest BCUT2D eigenvalue weighted by atomic mass is 35.5. The minimum Gasteiger partial charge on any atom is -0.383 e. The minimum absolute atomic E-state index is 0.0330. The molecular formula is C13H24ClN3O2. The molecule has 2 atom stereocenters. The summed E-state index contributed by atoms with van der Waals surface area (Å²) in [5.74, 6) is 0. The lowest BCUT2D eigenvalue weighted by molar-refractivity contribution is -0.0304. The van der Waals surface area contributed by atoms with Gasteiger partial charge < -0.3 is 14.8 Å². The Labute approximate surface area is 120 Å². The lowest BCUT2D eigenvalue weighted by Gasteiger charge is -2.36. The lowest BCUT2D eigenvalue weighted by atomic mass is 9.90. The van der Waals surface area contributed by atoms with Crippen molar-refractivity contribution in [3.63, 3.8) is 0 Å². The van der Waals surface area contributed by atoms with Gasteiger partial charge in [-0.2, -0.15) is 5.10 Å². The minimum atomic E-state index is -0.344. The van der Waals surface area contributed by atoms with Gasteiger partial charge in [-0.1, -0.05) is 18.5 Å². The van der Waals surface area contributed by atoms with Crippen molar-refractivity contribution in [3.05, 3.63) is 16.9 Å². The van der Waals surface area contributed by atoms with Gasteiger partial charge in [0.1, 0.15) is 0 Å². The zero-order chi connectivity index (χ0) is 14.5. The molecule has 0 aliphatic carbocycles. The van der Waals surface area contributed by atoms with Crippen molar-refractivity contribution in [1.29, 1.82) is 0 Å². The third-order valence-electron chi connectivity index (χ3n) is 3.68. The molecule has 0 spiro atoms. The van der Waals surface area contributed by atoms with Crippen LogP contribution in [0.25, 0.3) is 0 Å². The van der Waals surface area contributed by atoms with E-state index in [-0.39, 0.29) is 11.6 Å². The number of likely N-dealkylation sites (N-methyl/N-ethyl adjacent to an activating group) is 1. The van der Waals surface area contributed by atoms with Crippen molar-refractivity contribution in [2.24, 2.45) is 0 Å². The summed E-state index contributed by atoms with van der Waals surface area (Å²) >= 11 is 6.30. The number of nitrogens with one attached hydrogen (secondary N) is 1. The molecule has 5 nitrogen and oxygen atoms in total. The molecule has 1 rings (SSSR count). The molecule has 0 saturated carbocycles. The average Bonchev–Trinajstić information content (AvgIpc) is 2.78. The second-order valence-electron chi connectivity index (χ2n) is 4.69. The second-order valence-corrected chi connectivity index (χ2v) is 5.09. The fourth-order valence-electron chi connectivity index (χ4n) is 2.21. The van der Waals surface area contributed by atoms with Crippen LogP contribution in [-0.2, 0) is 16.0 Å². The van der Waals surface area contributed by atoms with Crippen LogP contribution in [0.2, 0.25) is 5.02 Å². The lowest BCUT2D eigenvalue weighted by Crippen LogP contribution is -2.42. The zero-order valence-corrected chi connectivity index (χ0v) is 13.1. The van der Waals surface area contributed by atoms with Crippen LogP contribution in [0.5, 0.6) is 0 Å². The molecule has 1 N–H and O–H groups in total. The maximum absolute atomic E-state index is 6.30. The number of ether oxygens (including phenoxy) is 2. The molecule has 0 aliphatic rings. The number of hydrogen-bond acceptors (Lipinski definition) is 4. The number of nitrogens with zero attached hydrogens (tertiary/aromatic N) is 2. The molecule has 1 aromatic heterocycles. The zero-order valence-electron chi connectivity index (χ0n) is 12.4. The molecule has 1 aromatic rings. The van der Waals surface area contributed by atoms with Crippen molar-refractivity contribution in [3.8, 4) is 0 Å². The van der Waals surface area contributed by atoms with E-state index in [0.717, 1.165) is 12.1 Å². The van der Waals surface area contributed by atoms with Gasteiger partial charge in [-0.15, -0.1) is 0 Å². The molecule has 0 aromatic carbocycles. The van der Waals surface area contributed by atoms with Crippen molar-refractivity contribution in [2.75, 3.05) is 27.9 Å². The quantitative estimate of drug-likeness (QED) is 0.797. The van der Waals surface area contributed by atoms with Crippen LogP contribution in [-0.4, -0.2) is 43.3 Å². The number of hydrogen-bond donors (Lipinski definition) is 1. The van der Waals surface area contributed by atoms with Crippen molar-refractivity contribution < 1.29 is 9.47 Å². The predicted octanol–water partition coefficient (Wildman–Crippen LogP) is 2.26. The molecular weight excluding hydrogens is 266 g/mol. The summed E-state index contributed by atoms with van der Waals surface area (Å²) < 4.78 is 12.7. The van der Waals surface area contributed by atoms with E-state index in [9.17, 15) is 0 Å². The highest BCUT2D eigenvalue weighted by Crippen LogP contribution is 2.34. The highest BCUT2D eigenvalue weighted by molar-refractivity contribution is 6.31. The van der Waals surface area contributed by atoms with Gasteiger partial charge in [0.2, 0.25) is 0 Å². The van der Waals surface area contributed by atoms with Crippen molar-refractivity contribution >= 4 is 11.6 Å². The van der Waals surface area contributed by atoms with Crippen LogP contribution in [0, 0.1) is 0 Å². The molecule has 2 unspecified atom stereocenters. The molecule has 19 heavy (non-hydrogen) atoms. The number of halogens is 1. The normalized spacial score (nSPS) is 16.3. The molecule has 1 heterocycles. The van der Waals surface area contributed by atoms with Gasteiger partial charge in [0.05, 0.1) is 41.7 Å². The molecule has 6 heteroatoms. The first kappa shape index (κ1) is 16.4. The van der Waals surface area contributed by atoms with E-state index in [1.807, 2.05) is 11.7 Å². The Bertz CT molecular complexity index is 391. The SMILES string of the molecule is CCC(C)(OC)C(NC)c1c(Cl)cnn1CCOC. The monoisotopic (exact) mass is 289 g/mol. The Kier molecular flexibility index (Phi) is 6.26. The Morgan fingerprint density at radius 3 is 2.68 bits per heavy atom. The van der Waals surface area contributed by atoms with E-state index in [0.29, 0.717) is 18.2 Å². The largest absolute Gasteiger partial charge is 0.383 e. The molecule has 0 bridgehead atoms. The second kappa shape index (κ2) is 7.24. The standard InChI is InChI=1S/C13H24ClN3O2/c1-6-13(2,19-5)12(15-3)11-10(14)9-16-17(11)7-8-18-4/h9,12,15H,6-8H2,1-5H3. The molecule has 0 radical (unpaired) electrons. The molecule has 0 saturated heterocycles. The highest BCUT2D eigenvalue weighted by Gasteiger charge is 2.36. The van der Waals surface area contributed by atoms with Crippen LogP contribution in [0.4, 0.5) is 0 Å². The molecule has 110 valence electrons. The van der Waals surface area contributed by atoms with E-state index in [4.69, 9.17) is 21.1 Å². The fraction of sp³-hybridized carbons (Fsp3) is 0.769. The van der Waals surface area contributed by atoms with E-state index < -0.39 is 0 Å². The third-order valence-corrected chi connectivity index (χ3v) is 3.97. The van der Waals surface area contributed by atoms with Gasteiger partial charge in [0.15, 0.2) is 0 Å². The summed E-state index contributed by atoms with van der Waals surface area (Å²) in [6, 6.07) is -0.0330. The van der Waals surface area contributed by atoms with Gasteiger partial charge in [-0.3, -0.25) is 4.68 Å². The summed E-state index contributed by atoms with van der Waals surface area (Å²) in [5.41, 5.74) is 0.593. The summed E-state index contributed by atoms with van der Waals surface area (Å²) in [4.78, 5) is 0. The van der Waals surface area contributed by atoms with Crippen LogP contribution >= 0.6 is 11.6 Å². The first-order chi connectivity index (χ1) is 9.03. The number of rotatable bonds is 8. The molecule has 0 aliphatic heterocycles. The molecule has 0 amide bonds. The van der Waals surface area contributed by atoms with Crippen LogP contribution in [0.15, 0.2) is 6.20 Å². The van der Waals surface area contributed by atoms with Crippen LogP contribution in [0.3, 0.4) is 0 Å². The summed E-state index contributed by atoms with van der Waals surface area (Å²) in [6.45, 7) is 5.42. The Hall–Kier alpha value is -0.620. The van der Waals surface area contributed by atoms with Gasteiger partial charge in [-0.05, 0) is 20.4 Å². The summed E-state index contributed by atoms with van der Waals surface area (Å²) in [7, 11) is 5.30. The topological polar surface area (TPSA) is 48.3 Å². The van der Waals surface area contributed by atoms with Crippen molar-refractivity contribution in [1.82, 2.24) is 15.1 Å².